The molecule has 0 saturated carbocycles. The number of methoxy groups -OCH3 is 1. The summed E-state index contributed by atoms with van der Waals surface area (Å²) in [7, 11) is 1.60. The zero-order chi connectivity index (χ0) is 15.2. The summed E-state index contributed by atoms with van der Waals surface area (Å²) in [5.74, 6) is -0.106. The first-order valence-electron chi connectivity index (χ1n) is 7.09. The Morgan fingerprint density at radius 3 is 2.90 bits per heavy atom. The third-order valence-electron chi connectivity index (χ3n) is 3.56. The first kappa shape index (κ1) is 15.5. The number of para-hydroxylation sites is 1. The van der Waals surface area contributed by atoms with Gasteiger partial charge in [-0.15, -0.1) is 0 Å². The monoisotopic (exact) mass is 290 g/mol. The lowest BCUT2D eigenvalue weighted by molar-refractivity contribution is -0.122. The number of benzene rings is 1. The van der Waals surface area contributed by atoms with Crippen LogP contribution in [-0.4, -0.2) is 41.9 Å². The van der Waals surface area contributed by atoms with Gasteiger partial charge in [-0.3, -0.25) is 4.79 Å². The topological polar surface area (TPSA) is 63.5 Å². The Kier molecular flexibility index (Phi) is 5.36. The molecule has 2 N–H and O–H groups in total. The van der Waals surface area contributed by atoms with E-state index in [-0.39, 0.29) is 25.1 Å². The molecule has 0 radical (unpaired) electrons. The Morgan fingerprint density at radius 2 is 2.19 bits per heavy atom. The minimum absolute atomic E-state index is 0.0828. The highest BCUT2D eigenvalue weighted by molar-refractivity contribution is 5.86. The molecule has 114 valence electrons. The van der Waals surface area contributed by atoms with Crippen molar-refractivity contribution >= 4 is 16.8 Å². The first-order valence-corrected chi connectivity index (χ1v) is 7.09. The summed E-state index contributed by atoms with van der Waals surface area (Å²) in [5.41, 5.74) is 2.19. The molecule has 0 aliphatic heterocycles. The number of aliphatic hydroxyl groups excluding tert-OH is 1. The van der Waals surface area contributed by atoms with Crippen molar-refractivity contribution in [2.75, 3.05) is 20.3 Å². The van der Waals surface area contributed by atoms with Crippen LogP contribution in [0.5, 0.6) is 0 Å². The van der Waals surface area contributed by atoms with Crippen LogP contribution in [0.15, 0.2) is 30.5 Å². The van der Waals surface area contributed by atoms with Crippen LogP contribution in [0, 0.1) is 6.92 Å². The van der Waals surface area contributed by atoms with Crippen molar-refractivity contribution in [1.82, 2.24) is 9.88 Å². The third kappa shape index (κ3) is 3.83. The molecule has 0 aliphatic rings. The van der Waals surface area contributed by atoms with Crippen LogP contribution < -0.4 is 5.32 Å². The number of aromatic nitrogens is 1. The zero-order valence-electron chi connectivity index (χ0n) is 12.5. The van der Waals surface area contributed by atoms with Crippen molar-refractivity contribution in [2.45, 2.75) is 25.9 Å². The zero-order valence-corrected chi connectivity index (χ0v) is 12.5. The number of nitrogens with zero attached hydrogens (tertiary/aromatic N) is 1. The number of rotatable bonds is 7. The van der Waals surface area contributed by atoms with Gasteiger partial charge in [0, 0.05) is 30.8 Å². The van der Waals surface area contributed by atoms with Gasteiger partial charge in [0.2, 0.25) is 5.91 Å². The molecule has 1 amide bonds. The average Bonchev–Trinajstić information content (AvgIpc) is 2.80. The molecule has 1 aromatic heterocycles. The van der Waals surface area contributed by atoms with E-state index in [1.54, 1.807) is 7.11 Å². The maximum Gasteiger partial charge on any atom is 0.240 e. The van der Waals surface area contributed by atoms with E-state index in [2.05, 4.69) is 5.32 Å². The van der Waals surface area contributed by atoms with Crippen LogP contribution >= 0.6 is 0 Å². The summed E-state index contributed by atoms with van der Waals surface area (Å²) < 4.78 is 6.90. The highest BCUT2D eigenvalue weighted by Gasteiger charge is 2.13. The second-order valence-electron chi connectivity index (χ2n) is 5.19. The summed E-state index contributed by atoms with van der Waals surface area (Å²) in [4.78, 5) is 12.1. The Hall–Kier alpha value is -1.85. The lowest BCUT2D eigenvalue weighted by Crippen LogP contribution is -2.40. The van der Waals surface area contributed by atoms with Gasteiger partial charge in [0.05, 0.1) is 12.6 Å². The second-order valence-corrected chi connectivity index (χ2v) is 5.19. The molecule has 0 aliphatic carbocycles. The van der Waals surface area contributed by atoms with E-state index in [1.165, 1.54) is 0 Å². The highest BCUT2D eigenvalue weighted by Crippen LogP contribution is 2.20. The standard InChI is InChI=1S/C16H22N2O3/c1-12-9-18(15-6-4-3-5-14(12)15)10-16(20)17-13(11-19)7-8-21-2/h3-6,9,13,19H,7-8,10-11H2,1-2H3,(H,17,20)/t13-/m0/s1. The van der Waals surface area contributed by atoms with E-state index < -0.39 is 0 Å². The van der Waals surface area contributed by atoms with Crippen LogP contribution in [0.1, 0.15) is 12.0 Å². The number of fused-ring (bicyclic) bond motifs is 1. The van der Waals surface area contributed by atoms with Gasteiger partial charge in [0.1, 0.15) is 6.54 Å². The minimum atomic E-state index is -0.264. The van der Waals surface area contributed by atoms with Crippen molar-refractivity contribution in [3.8, 4) is 0 Å². The fourth-order valence-electron chi connectivity index (χ4n) is 2.46. The van der Waals surface area contributed by atoms with Gasteiger partial charge in [0.15, 0.2) is 0 Å². The molecular weight excluding hydrogens is 268 g/mol. The lowest BCUT2D eigenvalue weighted by Gasteiger charge is -2.16. The Labute approximate surface area is 124 Å². The minimum Gasteiger partial charge on any atom is -0.394 e. The van der Waals surface area contributed by atoms with E-state index in [4.69, 9.17) is 4.74 Å². The molecule has 2 aromatic rings. The van der Waals surface area contributed by atoms with E-state index in [9.17, 15) is 9.90 Å². The van der Waals surface area contributed by atoms with Crippen LogP contribution in [0.2, 0.25) is 0 Å². The smallest absolute Gasteiger partial charge is 0.240 e. The quantitative estimate of drug-likeness (QED) is 0.811. The summed E-state index contributed by atoms with van der Waals surface area (Å²) in [5, 5.41) is 13.3. The fourth-order valence-corrected chi connectivity index (χ4v) is 2.46. The molecule has 5 heteroatoms. The molecule has 0 fully saturated rings. The summed E-state index contributed by atoms with van der Waals surface area (Å²) in [6.07, 6.45) is 2.58. The number of aliphatic hydroxyl groups is 1. The van der Waals surface area contributed by atoms with Gasteiger partial charge in [-0.1, -0.05) is 18.2 Å². The second kappa shape index (κ2) is 7.24. The first-order chi connectivity index (χ1) is 10.2. The predicted octanol–water partition coefficient (Wildman–Crippen LogP) is 1.46. The largest absolute Gasteiger partial charge is 0.394 e. The van der Waals surface area contributed by atoms with E-state index in [0.29, 0.717) is 13.0 Å². The molecule has 1 aromatic carbocycles. The number of aryl methyl sites for hydroxylation is 1. The predicted molar refractivity (Wildman–Crippen MR) is 82.2 cm³/mol. The maximum absolute atomic E-state index is 12.1. The van der Waals surface area contributed by atoms with Crippen LogP contribution in [0.4, 0.5) is 0 Å². The van der Waals surface area contributed by atoms with E-state index in [1.807, 2.05) is 42.0 Å². The van der Waals surface area contributed by atoms with E-state index in [0.717, 1.165) is 16.5 Å². The molecule has 1 atom stereocenters. The summed E-state index contributed by atoms with van der Waals surface area (Å²) >= 11 is 0. The van der Waals surface area contributed by atoms with Crippen molar-refractivity contribution in [1.29, 1.82) is 0 Å². The molecule has 0 spiro atoms. The van der Waals surface area contributed by atoms with Gasteiger partial charge >= 0.3 is 0 Å². The number of carbonyl (C=O) groups is 1. The van der Waals surface area contributed by atoms with Crippen molar-refractivity contribution < 1.29 is 14.6 Å². The Balaban J connectivity index is 2.04. The third-order valence-corrected chi connectivity index (χ3v) is 3.56. The van der Waals surface area contributed by atoms with Crippen molar-refractivity contribution in [3.63, 3.8) is 0 Å². The molecular formula is C16H22N2O3. The number of hydrogen-bond acceptors (Lipinski definition) is 3. The molecule has 21 heavy (non-hydrogen) atoms. The van der Waals surface area contributed by atoms with Gasteiger partial charge in [-0.05, 0) is 25.0 Å². The van der Waals surface area contributed by atoms with Crippen molar-refractivity contribution in [3.05, 3.63) is 36.0 Å². The van der Waals surface area contributed by atoms with E-state index >= 15 is 0 Å². The fraction of sp³-hybridized carbons (Fsp3) is 0.438. The number of hydrogen-bond donors (Lipinski definition) is 2. The average molecular weight is 290 g/mol. The Bertz CT molecular complexity index is 607. The van der Waals surface area contributed by atoms with Crippen molar-refractivity contribution in [2.24, 2.45) is 0 Å². The molecule has 1 heterocycles. The van der Waals surface area contributed by atoms with Crippen LogP contribution in [0.25, 0.3) is 10.9 Å². The molecule has 0 saturated heterocycles. The molecule has 0 unspecified atom stereocenters. The summed E-state index contributed by atoms with van der Waals surface area (Å²) in [6.45, 7) is 2.71. The normalized spacial score (nSPS) is 12.5. The number of carbonyl (C=O) groups excluding carboxylic acids is 1. The highest BCUT2D eigenvalue weighted by atomic mass is 16.5. The van der Waals surface area contributed by atoms with Crippen LogP contribution in [-0.2, 0) is 16.1 Å². The Morgan fingerprint density at radius 1 is 1.43 bits per heavy atom. The number of ether oxygens (including phenoxy) is 1. The van der Waals surface area contributed by atoms with Crippen LogP contribution in [0.3, 0.4) is 0 Å². The molecule has 0 bridgehead atoms. The number of nitrogens with one attached hydrogen (secondary N) is 1. The lowest BCUT2D eigenvalue weighted by atomic mass is 10.2. The summed E-state index contributed by atoms with van der Waals surface area (Å²) in [6, 6.07) is 7.75. The van der Waals surface area contributed by atoms with Gasteiger partial charge in [-0.2, -0.15) is 0 Å². The molecule has 2 rings (SSSR count). The maximum atomic E-state index is 12.1. The molecule has 5 nitrogen and oxygen atoms in total. The van der Waals surface area contributed by atoms with Gasteiger partial charge in [0.25, 0.3) is 0 Å². The SMILES string of the molecule is COCC[C@@H](CO)NC(=O)Cn1cc(C)c2ccccc21. The van der Waals surface area contributed by atoms with Gasteiger partial charge in [-0.25, -0.2) is 0 Å². The number of amides is 1. The van der Waals surface area contributed by atoms with Gasteiger partial charge < -0.3 is 19.7 Å².